The Balaban J connectivity index is 0.000000798. The minimum atomic E-state index is -2.40. The van der Waals surface area contributed by atoms with Gasteiger partial charge in [-0.25, -0.2) is 8.78 Å². The summed E-state index contributed by atoms with van der Waals surface area (Å²) in [6.07, 6.45) is 48.4. The number of alkyl halides is 2. The first-order valence-corrected chi connectivity index (χ1v) is 64.2. The molecule has 145 heavy (non-hydrogen) atoms. The van der Waals surface area contributed by atoms with Crippen LogP contribution in [0.2, 0.25) is 0 Å². The highest BCUT2D eigenvalue weighted by atomic mass is 19.3. The van der Waals surface area contributed by atoms with E-state index in [1.165, 1.54) is 199 Å². The van der Waals surface area contributed by atoms with E-state index < -0.39 is 11.5 Å². The van der Waals surface area contributed by atoms with Crippen LogP contribution in [0, 0.1) is 234 Å². The van der Waals surface area contributed by atoms with Crippen LogP contribution in [0.4, 0.5) is 8.78 Å². The molecule has 11 aliphatic carbocycles. The van der Waals surface area contributed by atoms with E-state index in [2.05, 4.69) is 402 Å². The summed E-state index contributed by atoms with van der Waals surface area (Å²) in [5.74, 6) is 16.2. The maximum absolute atomic E-state index is 13.1. The molecule has 870 valence electrons. The van der Waals surface area contributed by atoms with Crippen molar-refractivity contribution >= 4 is 0 Å². The summed E-state index contributed by atoms with van der Waals surface area (Å²) in [5.41, 5.74) is 10.00. The first-order valence-electron chi connectivity index (χ1n) is 64.2. The van der Waals surface area contributed by atoms with Crippen LogP contribution in [0.25, 0.3) is 0 Å². The highest BCUT2D eigenvalue weighted by Crippen LogP contribution is 2.69. The van der Waals surface area contributed by atoms with Gasteiger partial charge in [-0.05, 0) is 427 Å². The summed E-state index contributed by atoms with van der Waals surface area (Å²) in [6, 6.07) is 0. The summed E-state index contributed by atoms with van der Waals surface area (Å²) < 4.78 is 26.1. The molecule has 0 unspecified atom stereocenters. The normalized spacial score (nSPS) is 25.1. The maximum Gasteiger partial charge on any atom is 0.248 e. The zero-order valence-electron chi connectivity index (χ0n) is 112. The lowest BCUT2D eigenvalue weighted by Crippen LogP contribution is -2.53. The average Bonchev–Trinajstić information content (AvgIpc) is 0.706. The van der Waals surface area contributed by atoms with Gasteiger partial charge in [0.05, 0.1) is 5.60 Å². The molecule has 0 heterocycles. The van der Waals surface area contributed by atoms with E-state index in [-0.39, 0.29) is 23.7 Å². The van der Waals surface area contributed by atoms with Crippen LogP contribution in [-0.2, 0) is 0 Å². The first-order chi connectivity index (χ1) is 65.5. The highest BCUT2D eigenvalue weighted by Gasteiger charge is 2.60. The van der Waals surface area contributed by atoms with Crippen LogP contribution in [-0.4, -0.2) is 28.3 Å². The lowest BCUT2D eigenvalue weighted by molar-refractivity contribution is -0.132. The van der Waals surface area contributed by atoms with Gasteiger partial charge in [0, 0.05) is 19.4 Å². The summed E-state index contributed by atoms with van der Waals surface area (Å²) in [6.45, 7) is 140. The fourth-order valence-corrected chi connectivity index (χ4v) is 35.1. The third-order valence-corrected chi connectivity index (χ3v) is 48.8. The van der Waals surface area contributed by atoms with Gasteiger partial charge < -0.3 is 10.2 Å². The molecule has 2 N–H and O–H groups in total. The molecule has 11 saturated carbocycles. The van der Waals surface area contributed by atoms with Crippen LogP contribution in [0.5, 0.6) is 0 Å². The molecule has 11 fully saturated rings. The Labute approximate surface area is 917 Å². The predicted molar refractivity (Wildman–Crippen MR) is 651 cm³/mol. The van der Waals surface area contributed by atoms with Crippen LogP contribution >= 0.6 is 0 Å². The van der Waals surface area contributed by atoms with Crippen molar-refractivity contribution in [2.75, 3.05) is 6.61 Å². The Kier molecular flexibility index (Phi) is 55.6. The first kappa shape index (κ1) is 143. The largest absolute Gasteiger partial charge is 0.396 e. The monoisotopic (exact) mass is 2040 g/mol. The zero-order chi connectivity index (χ0) is 114. The van der Waals surface area contributed by atoms with Gasteiger partial charge >= 0.3 is 0 Å². The van der Waals surface area contributed by atoms with E-state index in [0.717, 1.165) is 144 Å². The lowest BCUT2D eigenvalue weighted by atomic mass is 9.44. The molecule has 0 atom stereocenters. The van der Waals surface area contributed by atoms with Gasteiger partial charge in [0.1, 0.15) is 0 Å². The molecule has 11 rings (SSSR count). The second-order valence-electron chi connectivity index (χ2n) is 65.9. The Hall–Kier alpha value is -0.220. The van der Waals surface area contributed by atoms with Crippen molar-refractivity contribution < 1.29 is 19.0 Å². The van der Waals surface area contributed by atoms with E-state index in [4.69, 9.17) is 0 Å². The molecule has 4 heteroatoms. The molecule has 0 spiro atoms. The summed E-state index contributed by atoms with van der Waals surface area (Å²) in [5, 5.41) is 19.4. The smallest absolute Gasteiger partial charge is 0.248 e. The zero-order valence-corrected chi connectivity index (χ0v) is 112. The topological polar surface area (TPSA) is 40.5 Å². The van der Waals surface area contributed by atoms with Crippen molar-refractivity contribution in [1.82, 2.24) is 0 Å². The molecule has 0 aromatic heterocycles. The average molecular weight is 2050 g/mol. The SMILES string of the molecule is CC(C)C1(C(C)C)CC(C)(C)C1.CC(C)C1(C(C)C)CC(C)(C)C1.CC(C)C1(C(C)C)CC(C)(C)C1.CC(C)C1(C(C)C)CCC(C)(C)CC1.CC(C)C1(C(C)C)CCC(C)(C)CC1.CC(C)C1(C(C)C)CCC(C)(O)CC1.CC(C)C1(C(C)C)CCC(F)(F)CC1.CC(C)C1(C(C)C)CCCCC1.CC1CCC(C(C)C)(C(C)C)CC1.CCC1(CC)CC(C(C)C)(C(C)C)C1.CCC1(CO)CC(C(C)C)(C(C)C)C1. The van der Waals surface area contributed by atoms with Gasteiger partial charge in [0.2, 0.25) is 5.92 Å². The van der Waals surface area contributed by atoms with Gasteiger partial charge in [0.15, 0.2) is 0 Å². The van der Waals surface area contributed by atoms with Crippen molar-refractivity contribution in [1.29, 1.82) is 0 Å². The van der Waals surface area contributed by atoms with Gasteiger partial charge in [-0.1, -0.05) is 447 Å². The molecule has 11 aliphatic rings. The number of hydrogen-bond acceptors (Lipinski definition) is 2. The van der Waals surface area contributed by atoms with E-state index in [0.29, 0.717) is 118 Å². The van der Waals surface area contributed by atoms with E-state index in [9.17, 15) is 19.0 Å². The maximum atomic E-state index is 13.1. The van der Waals surface area contributed by atoms with Crippen molar-refractivity contribution in [3.8, 4) is 0 Å². The lowest BCUT2D eigenvalue weighted by Gasteiger charge is -2.61. The van der Waals surface area contributed by atoms with Crippen molar-refractivity contribution in [2.45, 2.75) is 664 Å². The summed E-state index contributed by atoms with van der Waals surface area (Å²) in [7, 11) is 0. The Bertz CT molecular complexity index is 2980. The van der Waals surface area contributed by atoms with Crippen LogP contribution < -0.4 is 0 Å². The number of hydrogen-bond donors (Lipinski definition) is 2. The predicted octanol–water partition coefficient (Wildman–Crippen LogP) is 47.3. The van der Waals surface area contributed by atoms with Gasteiger partial charge in [-0.15, -0.1) is 0 Å². The number of aliphatic hydroxyl groups excluding tert-OH is 1. The molecule has 0 aromatic rings. The number of halogens is 2. The van der Waals surface area contributed by atoms with E-state index in [1.54, 1.807) is 0 Å². The molecule has 0 aromatic carbocycles. The molecular formula is C141H280F2O2. The minimum absolute atomic E-state index is 0.0867. The Morgan fingerprint density at radius 3 is 0.510 bits per heavy atom. The third-order valence-electron chi connectivity index (χ3n) is 48.8. The molecule has 0 aliphatic heterocycles. The molecule has 0 radical (unpaired) electrons. The van der Waals surface area contributed by atoms with E-state index in [1.807, 2.05) is 6.92 Å². The Morgan fingerprint density at radius 2 is 0.352 bits per heavy atom. The van der Waals surface area contributed by atoms with Crippen LogP contribution in [0.3, 0.4) is 0 Å². The van der Waals surface area contributed by atoms with Crippen LogP contribution in [0.1, 0.15) is 652 Å². The minimum Gasteiger partial charge on any atom is -0.396 e. The second-order valence-corrected chi connectivity index (χ2v) is 65.9. The second kappa shape index (κ2) is 56.5. The van der Waals surface area contributed by atoms with Gasteiger partial charge in [-0.2, -0.15) is 0 Å². The van der Waals surface area contributed by atoms with Gasteiger partial charge in [-0.3, -0.25) is 0 Å². The number of aliphatic hydroxyl groups is 2. The van der Waals surface area contributed by atoms with Crippen molar-refractivity contribution in [3.63, 3.8) is 0 Å². The van der Waals surface area contributed by atoms with Crippen LogP contribution in [0.15, 0.2) is 0 Å². The molecule has 0 saturated heterocycles. The van der Waals surface area contributed by atoms with E-state index >= 15 is 0 Å². The highest BCUT2D eigenvalue weighted by molar-refractivity contribution is 5.10. The fourth-order valence-electron chi connectivity index (χ4n) is 35.1. The summed E-state index contributed by atoms with van der Waals surface area (Å²) in [4.78, 5) is 0. The van der Waals surface area contributed by atoms with Gasteiger partial charge in [0.25, 0.3) is 0 Å². The fraction of sp³-hybridized carbons (Fsp3) is 1.00. The standard InChI is InChI=1S/3C14H28.2C13H26O.C13H26.C12H22F2.4C12H24/c2*1-11(2)14(12(3)4)9-7-13(5,6)8-10-14;1-7-13(8-2)9-14(10-13,11(3)4)12(5)6;1-10(2)13(11(3)4)8-6-12(5,14)7-9-13;1-6-12(9-14)7-13(8-12,10(2)3)11(4)5;1-10(2)13(11(3)4)8-6-12(5)7-9-13;1-9(2)11(10(3)4)5-7-12(13,14)8-6-11;3*1-9(2)12(10(3)4)7-11(5,6)8-12;1-10(2)12(11(3)4)8-6-5-7-9-12/h3*11-12H,7-10H2,1-6H3;2*10-11,14H,6-9H2,1-5H3;10-12H,6-9H2,1-5H3;9-10H,5-8H2,1-4H3;3*9-10H,7-8H2,1-6H3;10-11H,5-9H2,1-4H3. The van der Waals surface area contributed by atoms with Crippen molar-refractivity contribution in [3.05, 3.63) is 0 Å². The third kappa shape index (κ3) is 36.4. The van der Waals surface area contributed by atoms with Crippen molar-refractivity contribution in [2.24, 2.45) is 234 Å². The summed E-state index contributed by atoms with van der Waals surface area (Å²) >= 11 is 0. The number of rotatable bonds is 26. The quantitative estimate of drug-likeness (QED) is 0.0906. The Morgan fingerprint density at radius 1 is 0.193 bits per heavy atom. The molecule has 0 amide bonds. The molecule has 0 bridgehead atoms. The molecular weight excluding hydrogens is 1760 g/mol. The molecule has 2 nitrogen and oxygen atoms in total.